The minimum Gasteiger partial charge on any atom is -0.468 e. The van der Waals surface area contributed by atoms with Gasteiger partial charge in [-0.15, -0.1) is 0 Å². The Labute approximate surface area is 141 Å². The van der Waals surface area contributed by atoms with Crippen molar-refractivity contribution in [3.8, 4) is 0 Å². The minimum atomic E-state index is -0.539. The lowest BCUT2D eigenvalue weighted by molar-refractivity contribution is -0.143. The standard InChI is InChI=1S/C13H9Cl2NO3S2/c1-19-11(17)6-16-12(18)10(21-13(16)20)5-7-8(14)3-2-4-9(7)15/h2-5H,6H2,1H3/b10-5-. The van der Waals surface area contributed by atoms with E-state index in [1.165, 1.54) is 12.0 Å². The highest BCUT2D eigenvalue weighted by Gasteiger charge is 2.33. The largest absolute Gasteiger partial charge is 0.468 e. The molecular formula is C13H9Cl2NO3S2. The summed E-state index contributed by atoms with van der Waals surface area (Å²) in [5, 5.41) is 0.862. The number of esters is 1. The molecule has 0 saturated carbocycles. The van der Waals surface area contributed by atoms with E-state index >= 15 is 0 Å². The molecule has 1 fully saturated rings. The second-order valence-electron chi connectivity index (χ2n) is 3.98. The van der Waals surface area contributed by atoms with Crippen molar-refractivity contribution in [1.82, 2.24) is 4.90 Å². The third-order valence-corrected chi connectivity index (χ3v) is 4.70. The molecule has 2 rings (SSSR count). The molecule has 1 aromatic carbocycles. The minimum absolute atomic E-state index is 0.214. The van der Waals surface area contributed by atoms with E-state index in [0.29, 0.717) is 24.8 Å². The van der Waals surface area contributed by atoms with Crippen LogP contribution in [-0.4, -0.2) is 34.8 Å². The summed E-state index contributed by atoms with van der Waals surface area (Å²) < 4.78 is 4.83. The first kappa shape index (κ1) is 16.3. The Balaban J connectivity index is 2.30. The summed E-state index contributed by atoms with van der Waals surface area (Å²) in [5.74, 6) is -0.908. The summed E-state index contributed by atoms with van der Waals surface area (Å²) in [4.78, 5) is 25.1. The monoisotopic (exact) mass is 361 g/mol. The van der Waals surface area contributed by atoms with Gasteiger partial charge in [0.2, 0.25) is 0 Å². The number of amides is 1. The fraction of sp³-hybridized carbons (Fsp3) is 0.154. The summed E-state index contributed by atoms with van der Waals surface area (Å²) in [6, 6.07) is 5.06. The van der Waals surface area contributed by atoms with Gasteiger partial charge in [-0.25, -0.2) is 0 Å². The molecule has 1 aromatic rings. The number of thiocarbonyl (C=S) groups is 1. The van der Waals surface area contributed by atoms with Crippen LogP contribution in [0, 0.1) is 0 Å². The maximum atomic E-state index is 12.2. The van der Waals surface area contributed by atoms with Crippen LogP contribution in [0.25, 0.3) is 6.08 Å². The quantitative estimate of drug-likeness (QED) is 0.469. The van der Waals surface area contributed by atoms with Gasteiger partial charge in [-0.3, -0.25) is 14.5 Å². The van der Waals surface area contributed by atoms with Crippen LogP contribution in [-0.2, 0) is 14.3 Å². The maximum Gasteiger partial charge on any atom is 0.325 e. The molecule has 8 heteroatoms. The number of methoxy groups -OCH3 is 1. The third-order valence-electron chi connectivity index (χ3n) is 2.66. The van der Waals surface area contributed by atoms with Crippen LogP contribution in [0.4, 0.5) is 0 Å². The van der Waals surface area contributed by atoms with E-state index < -0.39 is 5.97 Å². The number of hydrogen-bond acceptors (Lipinski definition) is 5. The van der Waals surface area contributed by atoms with Crippen molar-refractivity contribution in [1.29, 1.82) is 0 Å². The fourth-order valence-corrected chi connectivity index (χ4v) is 3.35. The molecule has 1 amide bonds. The lowest BCUT2D eigenvalue weighted by Gasteiger charge is -2.11. The number of thioether (sulfide) groups is 1. The third kappa shape index (κ3) is 3.58. The molecule has 1 aliphatic heterocycles. The molecule has 0 aliphatic carbocycles. The highest BCUT2D eigenvalue weighted by molar-refractivity contribution is 8.26. The number of hydrogen-bond donors (Lipinski definition) is 0. The molecule has 0 atom stereocenters. The average Bonchev–Trinajstić information content (AvgIpc) is 2.70. The molecule has 0 N–H and O–H groups in total. The summed E-state index contributed by atoms with van der Waals surface area (Å²) in [6.07, 6.45) is 1.57. The van der Waals surface area contributed by atoms with Crippen molar-refractivity contribution >= 4 is 69.5 Å². The molecule has 1 saturated heterocycles. The smallest absolute Gasteiger partial charge is 0.325 e. The molecule has 4 nitrogen and oxygen atoms in total. The van der Waals surface area contributed by atoms with Gasteiger partial charge in [-0.2, -0.15) is 0 Å². The molecule has 0 spiro atoms. The lowest BCUT2D eigenvalue weighted by atomic mass is 10.2. The van der Waals surface area contributed by atoms with Gasteiger partial charge in [0.05, 0.1) is 12.0 Å². The van der Waals surface area contributed by atoms with E-state index in [0.717, 1.165) is 11.8 Å². The summed E-state index contributed by atoms with van der Waals surface area (Å²) >= 11 is 18.3. The highest BCUT2D eigenvalue weighted by Crippen LogP contribution is 2.35. The van der Waals surface area contributed by atoms with Crippen LogP contribution in [0.5, 0.6) is 0 Å². The Morgan fingerprint density at radius 3 is 2.62 bits per heavy atom. The van der Waals surface area contributed by atoms with Gasteiger partial charge in [-0.05, 0) is 18.2 Å². The zero-order valence-electron chi connectivity index (χ0n) is 10.8. The Kier molecular flexibility index (Phi) is 5.27. The van der Waals surface area contributed by atoms with Crippen molar-refractivity contribution in [2.75, 3.05) is 13.7 Å². The van der Waals surface area contributed by atoms with E-state index in [9.17, 15) is 9.59 Å². The Bertz CT molecular complexity index is 641. The van der Waals surface area contributed by atoms with E-state index in [2.05, 4.69) is 4.74 Å². The zero-order valence-corrected chi connectivity index (χ0v) is 13.9. The Morgan fingerprint density at radius 2 is 2.05 bits per heavy atom. The molecule has 0 bridgehead atoms. The zero-order chi connectivity index (χ0) is 15.6. The lowest BCUT2D eigenvalue weighted by Crippen LogP contribution is -2.33. The molecule has 21 heavy (non-hydrogen) atoms. The second kappa shape index (κ2) is 6.79. The summed E-state index contributed by atoms with van der Waals surface area (Å²) in [7, 11) is 1.25. The van der Waals surface area contributed by atoms with Crippen LogP contribution >= 0.6 is 47.2 Å². The van der Waals surface area contributed by atoms with Crippen molar-refractivity contribution in [2.24, 2.45) is 0 Å². The van der Waals surface area contributed by atoms with E-state index in [1.54, 1.807) is 24.3 Å². The van der Waals surface area contributed by atoms with Crippen molar-refractivity contribution in [3.05, 3.63) is 38.7 Å². The Morgan fingerprint density at radius 1 is 1.43 bits per heavy atom. The van der Waals surface area contributed by atoms with Crippen LogP contribution in [0.2, 0.25) is 10.0 Å². The number of nitrogens with zero attached hydrogens (tertiary/aromatic N) is 1. The Hall–Kier alpha value is -1.08. The first-order chi connectivity index (χ1) is 9.93. The highest BCUT2D eigenvalue weighted by atomic mass is 35.5. The second-order valence-corrected chi connectivity index (χ2v) is 6.47. The molecule has 0 aromatic heterocycles. The van der Waals surface area contributed by atoms with Crippen molar-refractivity contribution < 1.29 is 14.3 Å². The van der Waals surface area contributed by atoms with E-state index in [1.807, 2.05) is 0 Å². The topological polar surface area (TPSA) is 46.6 Å². The number of carbonyl (C=O) groups excluding carboxylic acids is 2. The number of ether oxygens (including phenoxy) is 1. The van der Waals surface area contributed by atoms with Gasteiger partial charge in [0.25, 0.3) is 5.91 Å². The molecule has 1 aliphatic rings. The van der Waals surface area contributed by atoms with Gasteiger partial charge >= 0.3 is 5.97 Å². The summed E-state index contributed by atoms with van der Waals surface area (Å²) in [6.45, 7) is -0.214. The van der Waals surface area contributed by atoms with Gasteiger partial charge in [0.1, 0.15) is 10.9 Å². The van der Waals surface area contributed by atoms with Crippen LogP contribution < -0.4 is 0 Å². The van der Waals surface area contributed by atoms with Gasteiger partial charge in [0, 0.05) is 15.6 Å². The SMILES string of the molecule is COC(=O)CN1C(=O)/C(=C/c2c(Cl)cccc2Cl)SC1=S. The van der Waals surface area contributed by atoms with Crippen molar-refractivity contribution in [3.63, 3.8) is 0 Å². The predicted octanol–water partition coefficient (Wildman–Crippen LogP) is 3.37. The first-order valence-corrected chi connectivity index (χ1v) is 7.68. The normalized spacial score (nSPS) is 16.7. The fourth-order valence-electron chi connectivity index (χ4n) is 1.61. The predicted molar refractivity (Wildman–Crippen MR) is 88.4 cm³/mol. The average molecular weight is 362 g/mol. The van der Waals surface area contributed by atoms with Crippen LogP contribution in [0.3, 0.4) is 0 Å². The number of carbonyl (C=O) groups is 2. The van der Waals surface area contributed by atoms with Gasteiger partial charge in [0.15, 0.2) is 0 Å². The molecule has 0 unspecified atom stereocenters. The van der Waals surface area contributed by atoms with Crippen LogP contribution in [0.1, 0.15) is 5.56 Å². The molecular weight excluding hydrogens is 353 g/mol. The van der Waals surface area contributed by atoms with Crippen molar-refractivity contribution in [2.45, 2.75) is 0 Å². The molecule has 110 valence electrons. The number of benzene rings is 1. The van der Waals surface area contributed by atoms with Gasteiger partial charge < -0.3 is 4.74 Å². The first-order valence-electron chi connectivity index (χ1n) is 5.70. The van der Waals surface area contributed by atoms with E-state index in [-0.39, 0.29) is 12.5 Å². The van der Waals surface area contributed by atoms with Crippen LogP contribution in [0.15, 0.2) is 23.1 Å². The molecule has 0 radical (unpaired) electrons. The number of halogens is 2. The molecule has 1 heterocycles. The summed E-state index contributed by atoms with van der Waals surface area (Å²) in [5.41, 5.74) is 0.541. The van der Waals surface area contributed by atoms with E-state index in [4.69, 9.17) is 35.4 Å². The van der Waals surface area contributed by atoms with Gasteiger partial charge in [-0.1, -0.05) is 53.2 Å². The maximum absolute atomic E-state index is 12.2. The number of rotatable bonds is 3.